The van der Waals surface area contributed by atoms with Gasteiger partial charge >= 0.3 is 0 Å². The zero-order valence-corrected chi connectivity index (χ0v) is 13.3. The van der Waals surface area contributed by atoms with Crippen molar-refractivity contribution in [3.63, 3.8) is 0 Å². The summed E-state index contributed by atoms with van der Waals surface area (Å²) in [6, 6.07) is 7.70. The van der Waals surface area contributed by atoms with E-state index in [0.29, 0.717) is 29.6 Å². The number of thiophene rings is 1. The van der Waals surface area contributed by atoms with Crippen LogP contribution in [0.2, 0.25) is 0 Å². The second-order valence-electron chi connectivity index (χ2n) is 4.89. The number of anilines is 1. The van der Waals surface area contributed by atoms with Gasteiger partial charge in [0.05, 0.1) is 12.2 Å². The zero-order chi connectivity index (χ0) is 16.2. The van der Waals surface area contributed by atoms with Crippen LogP contribution >= 0.6 is 11.3 Å². The topological polar surface area (TPSA) is 89.6 Å². The fraction of sp³-hybridized carbons (Fsp3) is 0.0625. The molecule has 118 valence electrons. The quantitative estimate of drug-likeness (QED) is 0.598. The molecule has 4 aromatic rings. The normalized spacial score (nSPS) is 10.7. The lowest BCUT2D eigenvalue weighted by Gasteiger charge is -2.07. The van der Waals surface area contributed by atoms with Crippen LogP contribution in [0, 0.1) is 0 Å². The minimum atomic E-state index is 0.375. The Bertz CT molecular complexity index is 923. The number of pyridine rings is 1. The highest BCUT2D eigenvalue weighted by Crippen LogP contribution is 2.27. The van der Waals surface area contributed by atoms with Crippen LogP contribution in [0.5, 0.6) is 0 Å². The first kappa shape index (κ1) is 14.5. The first-order chi connectivity index (χ1) is 11.9. The molecule has 0 bridgehead atoms. The number of nitrogens with one attached hydrogen (secondary N) is 1. The molecule has 0 aliphatic rings. The maximum absolute atomic E-state index is 5.38. The number of aromatic nitrogens is 5. The third kappa shape index (κ3) is 2.99. The molecule has 0 aliphatic carbocycles. The van der Waals surface area contributed by atoms with Gasteiger partial charge in [-0.15, -0.1) is 0 Å². The molecule has 0 amide bonds. The van der Waals surface area contributed by atoms with Crippen LogP contribution in [0.1, 0.15) is 5.69 Å². The van der Waals surface area contributed by atoms with Crippen LogP contribution in [-0.2, 0) is 6.54 Å². The van der Waals surface area contributed by atoms with E-state index in [1.807, 2.05) is 35.0 Å². The molecule has 7 nitrogen and oxygen atoms in total. The van der Waals surface area contributed by atoms with Crippen molar-refractivity contribution in [3.05, 3.63) is 59.4 Å². The Kier molecular flexibility index (Phi) is 3.95. The lowest BCUT2D eigenvalue weighted by Crippen LogP contribution is -2.04. The molecule has 1 N–H and O–H groups in total. The Hall–Kier alpha value is -3.13. The summed E-state index contributed by atoms with van der Waals surface area (Å²) in [5.41, 5.74) is 2.49. The number of nitrogens with zero attached hydrogens (tertiary/aromatic N) is 5. The van der Waals surface area contributed by atoms with Crippen molar-refractivity contribution in [2.24, 2.45) is 0 Å². The van der Waals surface area contributed by atoms with Gasteiger partial charge in [-0.1, -0.05) is 11.2 Å². The van der Waals surface area contributed by atoms with E-state index in [4.69, 9.17) is 4.52 Å². The first-order valence-corrected chi connectivity index (χ1v) is 8.15. The van der Waals surface area contributed by atoms with Gasteiger partial charge in [-0.2, -0.15) is 16.3 Å². The van der Waals surface area contributed by atoms with E-state index in [1.165, 1.54) is 6.33 Å². The summed E-state index contributed by atoms with van der Waals surface area (Å²) in [6.45, 7) is 0.538. The van der Waals surface area contributed by atoms with E-state index in [0.717, 1.165) is 11.3 Å². The highest BCUT2D eigenvalue weighted by atomic mass is 32.1. The molecular formula is C16H12N6OS. The molecule has 0 aromatic carbocycles. The van der Waals surface area contributed by atoms with Gasteiger partial charge in [-0.05, 0) is 23.6 Å². The minimum Gasteiger partial charge on any atom is -0.364 e. The van der Waals surface area contributed by atoms with Crippen LogP contribution < -0.4 is 5.32 Å². The maximum atomic E-state index is 5.38. The average molecular weight is 336 g/mol. The van der Waals surface area contributed by atoms with E-state index in [-0.39, 0.29) is 0 Å². The fourth-order valence-corrected chi connectivity index (χ4v) is 2.78. The Morgan fingerprint density at radius 3 is 3.00 bits per heavy atom. The SMILES string of the molecule is c1ccc(CNc2ncncc2-c2nc(-c3ccsc3)no2)nc1. The highest BCUT2D eigenvalue weighted by molar-refractivity contribution is 7.08. The number of hydrogen-bond donors (Lipinski definition) is 1. The van der Waals surface area contributed by atoms with E-state index in [2.05, 4.69) is 30.4 Å². The third-order valence-corrected chi connectivity index (χ3v) is 3.99. The van der Waals surface area contributed by atoms with Crippen molar-refractivity contribution in [3.8, 4) is 22.8 Å². The summed E-state index contributed by atoms with van der Waals surface area (Å²) in [7, 11) is 0. The van der Waals surface area contributed by atoms with E-state index in [1.54, 1.807) is 23.7 Å². The zero-order valence-electron chi connectivity index (χ0n) is 12.5. The Labute approximate surface area is 141 Å². The lowest BCUT2D eigenvalue weighted by atomic mass is 10.3. The van der Waals surface area contributed by atoms with Crippen LogP contribution in [0.15, 0.2) is 58.3 Å². The molecule has 0 aliphatic heterocycles. The van der Waals surface area contributed by atoms with Gasteiger partial charge in [-0.3, -0.25) is 4.98 Å². The summed E-state index contributed by atoms with van der Waals surface area (Å²) in [6.07, 6.45) is 4.88. The van der Waals surface area contributed by atoms with Crippen LogP contribution in [0.25, 0.3) is 22.8 Å². The van der Waals surface area contributed by atoms with Gasteiger partial charge < -0.3 is 9.84 Å². The fourth-order valence-electron chi connectivity index (χ4n) is 2.15. The number of rotatable bonds is 5. The Morgan fingerprint density at radius 2 is 2.17 bits per heavy atom. The highest BCUT2D eigenvalue weighted by Gasteiger charge is 2.15. The molecule has 0 fully saturated rings. The van der Waals surface area contributed by atoms with Crippen LogP contribution in [0.3, 0.4) is 0 Å². The standard InChI is InChI=1S/C16H12N6OS/c1-2-5-18-12(3-1)7-19-15-13(8-17-10-20-15)16-21-14(22-23-16)11-4-6-24-9-11/h1-6,8-10H,7H2,(H,17,19,20). The molecular weight excluding hydrogens is 324 g/mol. The second kappa shape index (κ2) is 6.55. The van der Waals surface area contributed by atoms with E-state index < -0.39 is 0 Å². The molecule has 0 unspecified atom stereocenters. The smallest absolute Gasteiger partial charge is 0.263 e. The lowest BCUT2D eigenvalue weighted by molar-refractivity contribution is 0.432. The van der Waals surface area contributed by atoms with Crippen molar-refractivity contribution in [1.29, 1.82) is 0 Å². The van der Waals surface area contributed by atoms with Crippen LogP contribution in [0.4, 0.5) is 5.82 Å². The van der Waals surface area contributed by atoms with Crippen LogP contribution in [-0.4, -0.2) is 25.1 Å². The molecule has 24 heavy (non-hydrogen) atoms. The molecule has 0 atom stereocenters. The number of hydrogen-bond acceptors (Lipinski definition) is 8. The Balaban J connectivity index is 1.60. The van der Waals surface area contributed by atoms with Crippen molar-refractivity contribution in [2.75, 3.05) is 5.32 Å². The summed E-state index contributed by atoms with van der Waals surface area (Å²) in [5.74, 6) is 1.54. The van der Waals surface area contributed by atoms with Gasteiger partial charge in [0.25, 0.3) is 5.89 Å². The summed E-state index contributed by atoms with van der Waals surface area (Å²) >= 11 is 1.58. The van der Waals surface area contributed by atoms with Gasteiger partial charge in [0, 0.05) is 23.3 Å². The predicted molar refractivity (Wildman–Crippen MR) is 90.2 cm³/mol. The minimum absolute atomic E-state index is 0.375. The second-order valence-corrected chi connectivity index (χ2v) is 5.67. The predicted octanol–water partition coefficient (Wildman–Crippen LogP) is 3.26. The van der Waals surface area contributed by atoms with Crippen molar-refractivity contribution >= 4 is 17.2 Å². The van der Waals surface area contributed by atoms with Crippen molar-refractivity contribution in [1.82, 2.24) is 25.1 Å². The summed E-state index contributed by atoms with van der Waals surface area (Å²) < 4.78 is 5.38. The molecule has 0 saturated heterocycles. The van der Waals surface area contributed by atoms with Gasteiger partial charge in [-0.25, -0.2) is 9.97 Å². The largest absolute Gasteiger partial charge is 0.364 e. The van der Waals surface area contributed by atoms with Crippen molar-refractivity contribution < 1.29 is 4.52 Å². The first-order valence-electron chi connectivity index (χ1n) is 7.20. The summed E-state index contributed by atoms with van der Waals surface area (Å²) in [4.78, 5) is 17.0. The molecule has 8 heteroatoms. The molecule has 0 radical (unpaired) electrons. The third-order valence-electron chi connectivity index (χ3n) is 3.31. The van der Waals surface area contributed by atoms with Gasteiger partial charge in [0.1, 0.15) is 17.7 Å². The molecule has 0 spiro atoms. The van der Waals surface area contributed by atoms with Gasteiger partial charge in [0.15, 0.2) is 0 Å². The van der Waals surface area contributed by atoms with E-state index in [9.17, 15) is 0 Å². The molecule has 4 heterocycles. The average Bonchev–Trinajstić information content (AvgIpc) is 3.32. The van der Waals surface area contributed by atoms with E-state index >= 15 is 0 Å². The van der Waals surface area contributed by atoms with Gasteiger partial charge in [0.2, 0.25) is 5.82 Å². The maximum Gasteiger partial charge on any atom is 0.263 e. The molecule has 0 saturated carbocycles. The van der Waals surface area contributed by atoms with Crippen molar-refractivity contribution in [2.45, 2.75) is 6.54 Å². The molecule has 4 aromatic heterocycles. The molecule has 4 rings (SSSR count). The Morgan fingerprint density at radius 1 is 1.17 bits per heavy atom. The monoisotopic (exact) mass is 336 g/mol. The summed E-state index contributed by atoms with van der Waals surface area (Å²) in [5, 5.41) is 11.2.